The Labute approximate surface area is 304 Å². The average molecular weight is 669 g/mol. The van der Waals surface area contributed by atoms with Crippen molar-refractivity contribution in [3.63, 3.8) is 0 Å². The van der Waals surface area contributed by atoms with Crippen molar-refractivity contribution in [1.82, 2.24) is 0 Å². The predicted molar refractivity (Wildman–Crippen MR) is 217 cm³/mol. The van der Waals surface area contributed by atoms with Crippen LogP contribution in [0.4, 0.5) is 0 Å². The van der Waals surface area contributed by atoms with Gasteiger partial charge in [0.25, 0.3) is 0 Å². The van der Waals surface area contributed by atoms with E-state index in [1.807, 2.05) is 6.07 Å². The molecule has 282 valence electrons. The minimum absolute atomic E-state index is 0.659. The summed E-state index contributed by atoms with van der Waals surface area (Å²) in [4.78, 5) is 0. The molecule has 1 aromatic carbocycles. The molecule has 0 N–H and O–H groups in total. The van der Waals surface area contributed by atoms with Gasteiger partial charge in [-0.15, -0.1) is 0 Å². The third-order valence-electron chi connectivity index (χ3n) is 12.3. The molecule has 6 rings (SSSR count). The number of rotatable bonds is 6. The van der Waals surface area contributed by atoms with Crippen molar-refractivity contribution < 1.29 is 4.74 Å². The minimum atomic E-state index is 0.659. The SMILES string of the molecule is CC(C)C1CC1.CC(C)C1CCC1.CC(C)C1CCCC1.CC(C)C1CCCCC1.CC(C)C1CCOCC1.CC(C)c1ccccc1. The Kier molecular flexibility index (Phi) is 25.3. The maximum absolute atomic E-state index is 5.25. The van der Waals surface area contributed by atoms with E-state index in [0.717, 1.165) is 72.4 Å². The highest BCUT2D eigenvalue weighted by Gasteiger charge is 2.24. The Bertz CT molecular complexity index is 788. The molecule has 0 unspecified atom stereocenters. The van der Waals surface area contributed by atoms with Crippen LogP contribution in [0, 0.1) is 59.2 Å². The van der Waals surface area contributed by atoms with E-state index in [-0.39, 0.29) is 0 Å². The van der Waals surface area contributed by atoms with Crippen LogP contribution in [0.3, 0.4) is 0 Å². The lowest BCUT2D eigenvalue weighted by Crippen LogP contribution is -2.19. The fraction of sp³-hybridized carbons (Fsp3) is 0.872. The lowest BCUT2D eigenvalue weighted by atomic mass is 9.78. The van der Waals surface area contributed by atoms with E-state index in [0.29, 0.717) is 5.92 Å². The molecule has 0 radical (unpaired) electrons. The molecule has 5 aliphatic rings. The molecule has 1 saturated heterocycles. The first-order valence-corrected chi connectivity index (χ1v) is 21.5. The predicted octanol–water partition coefficient (Wildman–Crippen LogP) is 15.4. The van der Waals surface area contributed by atoms with Gasteiger partial charge >= 0.3 is 0 Å². The smallest absolute Gasteiger partial charge is 0.0468 e. The zero-order valence-corrected chi connectivity index (χ0v) is 34.9. The maximum Gasteiger partial charge on any atom is 0.0468 e. The third kappa shape index (κ3) is 22.1. The van der Waals surface area contributed by atoms with Gasteiger partial charge in [0.15, 0.2) is 0 Å². The van der Waals surface area contributed by atoms with Crippen molar-refractivity contribution in [2.24, 2.45) is 59.2 Å². The summed E-state index contributed by atoms with van der Waals surface area (Å²) in [6.07, 6.45) is 23.5. The summed E-state index contributed by atoms with van der Waals surface area (Å²) in [6, 6.07) is 10.5. The molecule has 4 saturated carbocycles. The van der Waals surface area contributed by atoms with E-state index in [4.69, 9.17) is 4.74 Å². The largest absolute Gasteiger partial charge is 0.381 e. The van der Waals surface area contributed by atoms with Crippen LogP contribution in [0.15, 0.2) is 30.3 Å². The van der Waals surface area contributed by atoms with Crippen LogP contribution in [0.1, 0.15) is 197 Å². The average Bonchev–Trinajstić information content (AvgIpc) is 3.76. The lowest BCUT2D eigenvalue weighted by Gasteiger charge is -2.28. The molecule has 5 fully saturated rings. The third-order valence-corrected chi connectivity index (χ3v) is 12.3. The maximum atomic E-state index is 5.25. The zero-order chi connectivity index (χ0) is 35.9. The first-order valence-electron chi connectivity index (χ1n) is 21.5. The summed E-state index contributed by atoms with van der Waals surface area (Å²) in [5.41, 5.74) is 1.41. The van der Waals surface area contributed by atoms with E-state index >= 15 is 0 Å². The van der Waals surface area contributed by atoms with E-state index in [1.165, 1.54) is 108 Å². The summed E-state index contributed by atoms with van der Waals surface area (Å²) in [5, 5.41) is 0. The minimum Gasteiger partial charge on any atom is -0.381 e. The van der Waals surface area contributed by atoms with Crippen LogP contribution >= 0.6 is 0 Å². The van der Waals surface area contributed by atoms with Crippen LogP contribution in [0.25, 0.3) is 0 Å². The van der Waals surface area contributed by atoms with Gasteiger partial charge in [0, 0.05) is 13.2 Å². The van der Waals surface area contributed by atoms with Crippen molar-refractivity contribution in [3.8, 4) is 0 Å². The molecule has 1 nitrogen and oxygen atoms in total. The number of hydrogen-bond acceptors (Lipinski definition) is 1. The lowest BCUT2D eigenvalue weighted by molar-refractivity contribution is 0.0523. The van der Waals surface area contributed by atoms with Crippen LogP contribution in [0.2, 0.25) is 0 Å². The van der Waals surface area contributed by atoms with Gasteiger partial charge in [0.05, 0.1) is 0 Å². The number of benzene rings is 1. The molecule has 1 aliphatic heterocycles. The molecule has 0 amide bonds. The van der Waals surface area contributed by atoms with E-state index in [2.05, 4.69) is 107 Å². The standard InChI is InChI=1S/C9H18.C9H12.C8H16O.C8H16.C7H14.C6H12/c2*1-8(2)9-6-4-3-5-7-9;1-7(2)8-3-5-9-6-4-8;1-7(2)8-5-3-4-6-8;1-6(2)7-4-3-5-7;1-5(2)6-3-4-6/h8-9H,3-7H2,1-2H3;3-8H,1-2H3;7-8H,3-6H2,1-2H3;7-8H,3-6H2,1-2H3;6-7H,3-5H2,1-2H3;5-6H,3-4H2,1-2H3. The van der Waals surface area contributed by atoms with E-state index in [9.17, 15) is 0 Å². The van der Waals surface area contributed by atoms with Gasteiger partial charge in [0.2, 0.25) is 0 Å². The molecule has 1 heterocycles. The molecular weight excluding hydrogens is 581 g/mol. The highest BCUT2D eigenvalue weighted by molar-refractivity contribution is 5.17. The van der Waals surface area contributed by atoms with Gasteiger partial charge in [-0.25, -0.2) is 0 Å². The molecule has 0 spiro atoms. The highest BCUT2D eigenvalue weighted by Crippen LogP contribution is 2.36. The van der Waals surface area contributed by atoms with Crippen molar-refractivity contribution >= 4 is 0 Å². The summed E-state index contributed by atoms with van der Waals surface area (Å²) in [6.45, 7) is 29.6. The van der Waals surface area contributed by atoms with Crippen molar-refractivity contribution in [1.29, 1.82) is 0 Å². The normalized spacial score (nSPS) is 20.5. The van der Waals surface area contributed by atoms with Gasteiger partial charge in [-0.05, 0) is 96.3 Å². The fourth-order valence-electron chi connectivity index (χ4n) is 7.51. The fourth-order valence-corrected chi connectivity index (χ4v) is 7.51. The second kappa shape index (κ2) is 26.9. The van der Waals surface area contributed by atoms with Crippen molar-refractivity contribution in [3.05, 3.63) is 35.9 Å². The molecule has 0 bridgehead atoms. The second-order valence-electron chi connectivity index (χ2n) is 18.2. The summed E-state index contributed by atoms with van der Waals surface area (Å²) in [5.74, 6) is 10.5. The Hall–Kier alpha value is -0.820. The molecule has 48 heavy (non-hydrogen) atoms. The summed E-state index contributed by atoms with van der Waals surface area (Å²) < 4.78 is 5.25. The van der Waals surface area contributed by atoms with Gasteiger partial charge < -0.3 is 4.74 Å². The van der Waals surface area contributed by atoms with E-state index in [1.54, 1.807) is 0 Å². The Morgan fingerprint density at radius 3 is 0.896 bits per heavy atom. The quantitative estimate of drug-likeness (QED) is 0.293. The van der Waals surface area contributed by atoms with Gasteiger partial charge in [-0.3, -0.25) is 0 Å². The Morgan fingerprint density at radius 1 is 0.375 bits per heavy atom. The van der Waals surface area contributed by atoms with Gasteiger partial charge in [0.1, 0.15) is 0 Å². The van der Waals surface area contributed by atoms with Crippen LogP contribution < -0.4 is 0 Å². The number of hydrogen-bond donors (Lipinski definition) is 0. The van der Waals surface area contributed by atoms with Crippen LogP contribution in [-0.2, 0) is 4.74 Å². The van der Waals surface area contributed by atoms with Crippen molar-refractivity contribution in [2.75, 3.05) is 13.2 Å². The monoisotopic (exact) mass is 669 g/mol. The Morgan fingerprint density at radius 2 is 0.688 bits per heavy atom. The topological polar surface area (TPSA) is 9.23 Å². The zero-order valence-electron chi connectivity index (χ0n) is 34.9. The molecule has 0 aromatic heterocycles. The highest BCUT2D eigenvalue weighted by atomic mass is 16.5. The summed E-state index contributed by atoms with van der Waals surface area (Å²) in [7, 11) is 0. The molecule has 1 aromatic rings. The molecule has 0 atom stereocenters. The van der Waals surface area contributed by atoms with Crippen molar-refractivity contribution in [2.45, 2.75) is 192 Å². The number of ether oxygens (including phenoxy) is 1. The first-order chi connectivity index (χ1) is 22.8. The Balaban J connectivity index is 0.000000289. The van der Waals surface area contributed by atoms with Crippen LogP contribution in [0.5, 0.6) is 0 Å². The summed E-state index contributed by atoms with van der Waals surface area (Å²) >= 11 is 0. The second-order valence-corrected chi connectivity index (χ2v) is 18.2. The molecular formula is C47H88O. The van der Waals surface area contributed by atoms with Crippen LogP contribution in [-0.4, -0.2) is 13.2 Å². The molecule has 4 aliphatic carbocycles. The molecule has 1 heteroatoms. The first kappa shape index (κ1) is 45.2. The van der Waals surface area contributed by atoms with E-state index < -0.39 is 0 Å². The van der Waals surface area contributed by atoms with Gasteiger partial charge in [-0.2, -0.15) is 0 Å². The van der Waals surface area contributed by atoms with Gasteiger partial charge in [-0.1, -0.05) is 190 Å².